The van der Waals surface area contributed by atoms with Crippen LogP contribution in [0.3, 0.4) is 0 Å². The smallest absolute Gasteiger partial charge is 0.187 e. The van der Waals surface area contributed by atoms with Crippen LogP contribution in [0.2, 0.25) is 0 Å². The van der Waals surface area contributed by atoms with Gasteiger partial charge in [-0.1, -0.05) is 206 Å². The predicted molar refractivity (Wildman–Crippen MR) is 257 cm³/mol. The number of hydrogen-bond donors (Lipinski definition) is 0. The molecular weight excluding hydrogens is 763 g/mol. The number of hydrogen-bond acceptors (Lipinski definition) is 2. The summed E-state index contributed by atoms with van der Waals surface area (Å²) in [5.74, 6) is 0.698. The first kappa shape index (κ1) is 36.4. The predicted octanol–water partition coefficient (Wildman–Crippen LogP) is 15.4. The van der Waals surface area contributed by atoms with Crippen molar-refractivity contribution in [1.82, 2.24) is 9.97 Å². The lowest BCUT2D eigenvalue weighted by atomic mass is 9.70. The molecule has 0 saturated heterocycles. The second kappa shape index (κ2) is 14.6. The van der Waals surface area contributed by atoms with E-state index < -0.39 is 5.41 Å². The van der Waals surface area contributed by atoms with Gasteiger partial charge in [0.2, 0.25) is 0 Å². The van der Waals surface area contributed by atoms with Gasteiger partial charge in [-0.25, -0.2) is 14.8 Å². The summed E-state index contributed by atoms with van der Waals surface area (Å²) in [5.41, 5.74) is 21.9. The van der Waals surface area contributed by atoms with Crippen LogP contribution < -0.4 is 0 Å². The molecule has 9 aromatic carbocycles. The summed E-state index contributed by atoms with van der Waals surface area (Å²) in [4.78, 5) is 14.1. The van der Waals surface area contributed by atoms with Gasteiger partial charge in [-0.05, 0) is 96.1 Å². The zero-order chi connectivity index (χ0) is 41.9. The first-order chi connectivity index (χ1) is 31.2. The molecule has 1 heterocycles. The number of fused-ring (bicyclic) bond motifs is 10. The minimum absolute atomic E-state index is 0.475. The lowest BCUT2D eigenvalue weighted by Crippen LogP contribution is -2.25. The third kappa shape index (κ3) is 5.88. The molecule has 0 amide bonds. The van der Waals surface area contributed by atoms with Gasteiger partial charge in [-0.2, -0.15) is 0 Å². The van der Waals surface area contributed by atoms with E-state index in [1.807, 2.05) is 30.3 Å². The van der Waals surface area contributed by atoms with Crippen molar-refractivity contribution in [3.05, 3.63) is 258 Å². The van der Waals surface area contributed by atoms with E-state index in [0.717, 1.165) is 55.9 Å². The van der Waals surface area contributed by atoms with Crippen molar-refractivity contribution in [3.63, 3.8) is 0 Å². The Labute approximate surface area is 367 Å². The van der Waals surface area contributed by atoms with Crippen molar-refractivity contribution in [2.24, 2.45) is 0 Å². The zero-order valence-corrected chi connectivity index (χ0v) is 34.2. The van der Waals surface area contributed by atoms with E-state index in [2.05, 4.69) is 199 Å². The van der Waals surface area contributed by atoms with E-state index in [9.17, 15) is 0 Å². The topological polar surface area (TPSA) is 30.1 Å². The second-order valence-corrected chi connectivity index (χ2v) is 16.4. The van der Waals surface area contributed by atoms with Crippen molar-refractivity contribution >= 4 is 5.69 Å². The molecule has 0 fully saturated rings. The van der Waals surface area contributed by atoms with Crippen LogP contribution in [0, 0.1) is 6.57 Å². The summed E-state index contributed by atoms with van der Waals surface area (Å²) >= 11 is 0. The summed E-state index contributed by atoms with van der Waals surface area (Å²) in [6, 6.07) is 79.7. The maximum atomic E-state index is 7.92. The Morgan fingerprint density at radius 3 is 1.41 bits per heavy atom. The van der Waals surface area contributed by atoms with Gasteiger partial charge in [0, 0.05) is 16.7 Å². The lowest BCUT2D eigenvalue weighted by Gasteiger charge is -2.30. The summed E-state index contributed by atoms with van der Waals surface area (Å²) in [6.07, 6.45) is 0. The summed E-state index contributed by atoms with van der Waals surface area (Å²) in [7, 11) is 0. The van der Waals surface area contributed by atoms with Gasteiger partial charge in [0.25, 0.3) is 0 Å². The Bertz CT molecular complexity index is 3390. The Morgan fingerprint density at radius 2 is 0.762 bits per heavy atom. The number of benzene rings is 9. The number of aromatic nitrogens is 2. The van der Waals surface area contributed by atoms with Gasteiger partial charge in [0.05, 0.1) is 23.4 Å². The van der Waals surface area contributed by atoms with E-state index >= 15 is 0 Å². The standard InChI is InChI=1S/C60H37N3/c1-61-48-32-33-51-52-36-46(31-34-55(52)60(56(51)37-48)53-21-10-8-19-49(53)50-20-9-11-22-54(50)60)42-25-23-40(24-26-42)41-27-29-43(30-28-41)57-38-58(63-59(62-57)44-15-6-3-7-16-44)47-18-12-17-45(35-47)39-13-4-2-5-14-39/h2-38H. The Balaban J connectivity index is 0.881. The van der Waals surface area contributed by atoms with Gasteiger partial charge in [0.1, 0.15) is 0 Å². The molecule has 2 aliphatic carbocycles. The molecule has 1 aromatic heterocycles. The molecule has 0 saturated carbocycles. The third-order valence-electron chi connectivity index (χ3n) is 13.0. The highest BCUT2D eigenvalue weighted by atomic mass is 14.9. The molecule has 292 valence electrons. The molecule has 0 N–H and O–H groups in total. The van der Waals surface area contributed by atoms with Crippen LogP contribution in [0.4, 0.5) is 5.69 Å². The Hall–Kier alpha value is -8.45. The molecule has 0 unspecified atom stereocenters. The summed E-state index contributed by atoms with van der Waals surface area (Å²) < 4.78 is 0. The van der Waals surface area contributed by atoms with Crippen LogP contribution in [0.5, 0.6) is 0 Å². The van der Waals surface area contributed by atoms with Crippen LogP contribution in [0.25, 0.3) is 94.4 Å². The SMILES string of the molecule is [C-]#[N+]c1ccc2c(c1)C1(c3ccccc3-c3ccccc31)c1ccc(-c3ccc(-c4ccc(-c5cc(-c6cccc(-c7ccccc7)c6)nc(-c6ccccc6)n5)cc4)cc3)cc1-2. The highest BCUT2D eigenvalue weighted by molar-refractivity contribution is 5.97. The highest BCUT2D eigenvalue weighted by Crippen LogP contribution is 2.63. The monoisotopic (exact) mass is 799 g/mol. The van der Waals surface area contributed by atoms with Gasteiger partial charge >= 0.3 is 0 Å². The van der Waals surface area contributed by atoms with Crippen LogP contribution >= 0.6 is 0 Å². The van der Waals surface area contributed by atoms with Crippen LogP contribution in [-0.2, 0) is 5.41 Å². The van der Waals surface area contributed by atoms with E-state index in [0.29, 0.717) is 11.5 Å². The number of rotatable bonds is 6. The first-order valence-corrected chi connectivity index (χ1v) is 21.3. The van der Waals surface area contributed by atoms with E-state index in [-0.39, 0.29) is 0 Å². The van der Waals surface area contributed by atoms with E-state index in [1.54, 1.807) is 0 Å². The van der Waals surface area contributed by atoms with E-state index in [4.69, 9.17) is 16.5 Å². The molecule has 0 radical (unpaired) electrons. The van der Waals surface area contributed by atoms with Crippen molar-refractivity contribution in [2.75, 3.05) is 0 Å². The van der Waals surface area contributed by atoms with Gasteiger partial charge in [0.15, 0.2) is 11.5 Å². The van der Waals surface area contributed by atoms with Gasteiger partial charge < -0.3 is 0 Å². The Morgan fingerprint density at radius 1 is 0.302 bits per heavy atom. The maximum Gasteiger partial charge on any atom is 0.187 e. The first-order valence-electron chi connectivity index (χ1n) is 21.3. The minimum atomic E-state index is -0.475. The molecule has 1 spiro atoms. The largest absolute Gasteiger partial charge is 0.238 e. The van der Waals surface area contributed by atoms with E-state index in [1.165, 1.54) is 50.1 Å². The fourth-order valence-corrected chi connectivity index (χ4v) is 10.0. The third-order valence-corrected chi connectivity index (χ3v) is 13.0. The molecule has 10 aromatic rings. The second-order valence-electron chi connectivity index (χ2n) is 16.4. The summed E-state index contributed by atoms with van der Waals surface area (Å²) in [5, 5.41) is 0. The molecular formula is C60H37N3. The normalized spacial score (nSPS) is 12.6. The molecule has 0 atom stereocenters. The van der Waals surface area contributed by atoms with Crippen LogP contribution in [0.1, 0.15) is 22.3 Å². The Kier molecular flexibility index (Phi) is 8.45. The zero-order valence-electron chi connectivity index (χ0n) is 34.2. The molecule has 12 rings (SSSR count). The lowest BCUT2D eigenvalue weighted by molar-refractivity contribution is 0.794. The average molecular weight is 800 g/mol. The highest BCUT2D eigenvalue weighted by Gasteiger charge is 2.51. The molecule has 0 aliphatic heterocycles. The van der Waals surface area contributed by atoms with Gasteiger partial charge in [-0.15, -0.1) is 0 Å². The van der Waals surface area contributed by atoms with Gasteiger partial charge in [-0.3, -0.25) is 0 Å². The quantitative estimate of drug-likeness (QED) is 0.157. The van der Waals surface area contributed by atoms with Crippen LogP contribution in [0.15, 0.2) is 224 Å². The fourth-order valence-electron chi connectivity index (χ4n) is 10.0. The number of nitrogens with zero attached hydrogens (tertiary/aromatic N) is 3. The molecule has 63 heavy (non-hydrogen) atoms. The summed E-state index contributed by atoms with van der Waals surface area (Å²) in [6.45, 7) is 7.92. The molecule has 2 aliphatic rings. The van der Waals surface area contributed by atoms with Crippen molar-refractivity contribution in [1.29, 1.82) is 0 Å². The minimum Gasteiger partial charge on any atom is -0.238 e. The fraction of sp³-hybridized carbons (Fsp3) is 0.0167. The maximum absolute atomic E-state index is 7.92. The average Bonchev–Trinajstić information content (AvgIpc) is 3.83. The molecule has 3 nitrogen and oxygen atoms in total. The van der Waals surface area contributed by atoms with Crippen molar-refractivity contribution in [2.45, 2.75) is 5.41 Å². The molecule has 0 bridgehead atoms. The van der Waals surface area contributed by atoms with Crippen LogP contribution in [-0.4, -0.2) is 9.97 Å². The van der Waals surface area contributed by atoms with Crippen molar-refractivity contribution < 1.29 is 0 Å². The van der Waals surface area contributed by atoms with Crippen molar-refractivity contribution in [3.8, 4) is 89.5 Å². The molecule has 3 heteroatoms.